The summed E-state index contributed by atoms with van der Waals surface area (Å²) in [5, 5.41) is 0.915. The summed E-state index contributed by atoms with van der Waals surface area (Å²) in [5.74, 6) is -0.887. The number of halogens is 2. The topological polar surface area (TPSA) is 64.3 Å². The zero-order valence-electron chi connectivity index (χ0n) is 15.4. The summed E-state index contributed by atoms with van der Waals surface area (Å²) in [6.07, 6.45) is 0. The Kier molecular flexibility index (Phi) is 5.54. The molecule has 28 heavy (non-hydrogen) atoms. The Morgan fingerprint density at radius 3 is 2.07 bits per heavy atom. The number of benzene rings is 2. The van der Waals surface area contributed by atoms with Crippen LogP contribution in [0, 0.1) is 13.8 Å². The molecule has 0 spiro atoms. The molecule has 6 heteroatoms. The first-order chi connectivity index (χ1) is 13.2. The van der Waals surface area contributed by atoms with Crippen molar-refractivity contribution in [1.82, 2.24) is 0 Å². The first-order valence-corrected chi connectivity index (χ1v) is 9.21. The second kappa shape index (κ2) is 7.74. The third-order valence-electron chi connectivity index (χ3n) is 4.44. The van der Waals surface area contributed by atoms with Crippen LogP contribution in [0.3, 0.4) is 0 Å². The molecule has 142 valence electrons. The molecule has 1 heterocycles. The molecular formula is C22H16Cl2O4. The third-order valence-corrected chi connectivity index (χ3v) is 5.25. The van der Waals surface area contributed by atoms with Gasteiger partial charge in [0.25, 0.3) is 0 Å². The van der Waals surface area contributed by atoms with E-state index in [1.54, 1.807) is 30.3 Å². The summed E-state index contributed by atoms with van der Waals surface area (Å²) in [5.41, 5.74) is 1.28. The molecule has 0 aliphatic carbocycles. The van der Waals surface area contributed by atoms with Crippen LogP contribution >= 0.6 is 23.2 Å². The minimum absolute atomic E-state index is 0.0321. The highest BCUT2D eigenvalue weighted by Gasteiger charge is 2.23. The van der Waals surface area contributed by atoms with Crippen LogP contribution in [0.1, 0.15) is 44.3 Å². The Morgan fingerprint density at radius 2 is 1.50 bits per heavy atom. The fourth-order valence-corrected chi connectivity index (χ4v) is 3.15. The summed E-state index contributed by atoms with van der Waals surface area (Å²) < 4.78 is 5.31. The quantitative estimate of drug-likeness (QED) is 0.516. The molecule has 0 aliphatic rings. The van der Waals surface area contributed by atoms with Crippen molar-refractivity contribution in [2.24, 2.45) is 0 Å². The number of hydrogen-bond acceptors (Lipinski definition) is 4. The SMILES string of the molecule is CC(=O)c1c(C(=O)c2ccc(C)c(Cl)c2)cc(-c2ccc(C)c(Cl)c2)oc1=O. The monoisotopic (exact) mass is 414 g/mol. The number of rotatable bonds is 4. The van der Waals surface area contributed by atoms with Gasteiger partial charge in [-0.25, -0.2) is 4.79 Å². The zero-order chi connectivity index (χ0) is 20.6. The van der Waals surface area contributed by atoms with E-state index < -0.39 is 17.2 Å². The van der Waals surface area contributed by atoms with Gasteiger partial charge < -0.3 is 4.42 Å². The highest BCUT2D eigenvalue weighted by atomic mass is 35.5. The first kappa shape index (κ1) is 20.1. The van der Waals surface area contributed by atoms with Crippen LogP contribution in [0.2, 0.25) is 10.0 Å². The van der Waals surface area contributed by atoms with Gasteiger partial charge in [0.15, 0.2) is 11.6 Å². The van der Waals surface area contributed by atoms with Gasteiger partial charge in [-0.15, -0.1) is 0 Å². The summed E-state index contributed by atoms with van der Waals surface area (Å²) in [6.45, 7) is 4.87. The van der Waals surface area contributed by atoms with E-state index in [0.29, 0.717) is 15.6 Å². The second-order valence-electron chi connectivity index (χ2n) is 6.50. The van der Waals surface area contributed by atoms with Crippen molar-refractivity contribution < 1.29 is 14.0 Å². The van der Waals surface area contributed by atoms with Gasteiger partial charge in [-0.1, -0.05) is 47.5 Å². The number of Topliss-reactive ketones (excluding diaryl/α,β-unsaturated/α-hetero) is 1. The lowest BCUT2D eigenvalue weighted by atomic mass is 9.96. The van der Waals surface area contributed by atoms with Gasteiger partial charge in [-0.05, 0) is 50.1 Å². The second-order valence-corrected chi connectivity index (χ2v) is 7.31. The normalized spacial score (nSPS) is 10.8. The Balaban J connectivity index is 2.22. The smallest absolute Gasteiger partial charge is 0.347 e. The molecule has 2 aromatic carbocycles. The molecule has 0 radical (unpaired) electrons. The molecule has 0 amide bonds. The number of aryl methyl sites for hydroxylation is 2. The standard InChI is InChI=1S/C22H16Cl2O4/c1-11-4-6-14(8-17(11)23)19-10-16(20(13(3)25)22(27)28-19)21(26)15-7-5-12(2)18(24)9-15/h4-10H,1-3H3. The molecule has 0 unspecified atom stereocenters. The van der Waals surface area contributed by atoms with Crippen molar-refractivity contribution >= 4 is 34.8 Å². The predicted molar refractivity (Wildman–Crippen MR) is 110 cm³/mol. The molecule has 0 bridgehead atoms. The van der Waals surface area contributed by atoms with E-state index in [9.17, 15) is 14.4 Å². The van der Waals surface area contributed by atoms with Gasteiger partial charge in [-0.3, -0.25) is 9.59 Å². The van der Waals surface area contributed by atoms with Crippen molar-refractivity contribution in [2.45, 2.75) is 20.8 Å². The number of hydrogen-bond donors (Lipinski definition) is 0. The lowest BCUT2D eigenvalue weighted by Gasteiger charge is -2.10. The maximum Gasteiger partial charge on any atom is 0.347 e. The Morgan fingerprint density at radius 1 is 0.893 bits per heavy atom. The summed E-state index contributed by atoms with van der Waals surface area (Å²) in [6, 6.07) is 11.4. The fourth-order valence-electron chi connectivity index (χ4n) is 2.78. The average Bonchev–Trinajstić information content (AvgIpc) is 2.64. The van der Waals surface area contributed by atoms with E-state index in [0.717, 1.165) is 11.1 Å². The molecular weight excluding hydrogens is 399 g/mol. The van der Waals surface area contributed by atoms with Crippen LogP contribution in [-0.4, -0.2) is 11.6 Å². The van der Waals surface area contributed by atoms with Gasteiger partial charge in [0.1, 0.15) is 11.3 Å². The van der Waals surface area contributed by atoms with Crippen LogP contribution < -0.4 is 5.63 Å². The third kappa shape index (κ3) is 3.79. The summed E-state index contributed by atoms with van der Waals surface area (Å²) in [7, 11) is 0. The molecule has 0 aliphatic heterocycles. The molecule has 3 aromatic rings. The van der Waals surface area contributed by atoms with Gasteiger partial charge in [-0.2, -0.15) is 0 Å². The van der Waals surface area contributed by atoms with Crippen molar-refractivity contribution in [2.75, 3.05) is 0 Å². The molecule has 0 atom stereocenters. The van der Waals surface area contributed by atoms with Crippen molar-refractivity contribution in [3.63, 3.8) is 0 Å². The van der Waals surface area contributed by atoms with Crippen LogP contribution in [0.4, 0.5) is 0 Å². The first-order valence-electron chi connectivity index (χ1n) is 8.45. The van der Waals surface area contributed by atoms with E-state index in [1.165, 1.54) is 19.1 Å². The lowest BCUT2D eigenvalue weighted by Crippen LogP contribution is -2.19. The maximum atomic E-state index is 13.1. The Hall–Kier alpha value is -2.69. The molecule has 4 nitrogen and oxygen atoms in total. The van der Waals surface area contributed by atoms with Gasteiger partial charge in [0, 0.05) is 26.7 Å². The highest BCUT2D eigenvalue weighted by molar-refractivity contribution is 6.32. The van der Waals surface area contributed by atoms with Gasteiger partial charge in [0.2, 0.25) is 0 Å². The van der Waals surface area contributed by atoms with Crippen LogP contribution in [0.5, 0.6) is 0 Å². The number of ketones is 2. The van der Waals surface area contributed by atoms with E-state index >= 15 is 0 Å². The van der Waals surface area contributed by atoms with Crippen molar-refractivity contribution in [3.05, 3.63) is 90.7 Å². The average molecular weight is 415 g/mol. The molecule has 0 N–H and O–H groups in total. The van der Waals surface area contributed by atoms with Gasteiger partial charge in [0.05, 0.1) is 0 Å². The number of carbonyl (C=O) groups excluding carboxylic acids is 2. The minimum atomic E-state index is -0.872. The minimum Gasteiger partial charge on any atom is -0.422 e. The van der Waals surface area contributed by atoms with E-state index in [4.69, 9.17) is 27.6 Å². The maximum absolute atomic E-state index is 13.1. The molecule has 0 saturated heterocycles. The van der Waals surface area contributed by atoms with Crippen molar-refractivity contribution in [3.8, 4) is 11.3 Å². The van der Waals surface area contributed by atoms with E-state index in [2.05, 4.69) is 0 Å². The van der Waals surface area contributed by atoms with Crippen LogP contribution in [0.15, 0.2) is 51.7 Å². The largest absolute Gasteiger partial charge is 0.422 e. The van der Waals surface area contributed by atoms with Crippen molar-refractivity contribution in [1.29, 1.82) is 0 Å². The zero-order valence-corrected chi connectivity index (χ0v) is 16.9. The summed E-state index contributed by atoms with van der Waals surface area (Å²) in [4.78, 5) is 37.6. The molecule has 0 saturated carbocycles. The Bertz CT molecular complexity index is 1180. The van der Waals surface area contributed by atoms with E-state index in [1.807, 2.05) is 13.8 Å². The fraction of sp³-hybridized carbons (Fsp3) is 0.136. The van der Waals surface area contributed by atoms with Crippen LogP contribution in [0.25, 0.3) is 11.3 Å². The molecule has 0 fully saturated rings. The lowest BCUT2D eigenvalue weighted by molar-refractivity contribution is 0.0986. The van der Waals surface area contributed by atoms with Crippen LogP contribution in [-0.2, 0) is 0 Å². The molecule has 1 aromatic heterocycles. The number of carbonyl (C=O) groups is 2. The van der Waals surface area contributed by atoms with E-state index in [-0.39, 0.29) is 22.5 Å². The van der Waals surface area contributed by atoms with Gasteiger partial charge >= 0.3 is 5.63 Å². The summed E-state index contributed by atoms with van der Waals surface area (Å²) >= 11 is 12.3. The highest BCUT2D eigenvalue weighted by Crippen LogP contribution is 2.27. The Labute approximate surface area is 171 Å². The molecule has 3 rings (SSSR count). The predicted octanol–water partition coefficient (Wildman–Crippen LogP) is 5.66.